The van der Waals surface area contributed by atoms with E-state index in [1.165, 1.54) is 179 Å². The molecule has 0 aliphatic heterocycles. The largest absolute Gasteiger partial charge is 0.257 e. The lowest BCUT2D eigenvalue weighted by molar-refractivity contribution is -0.727. The van der Waals surface area contributed by atoms with E-state index >= 15 is 0 Å². The molecule has 0 aromatic carbocycles. The Hall–Kier alpha value is -0.790. The van der Waals surface area contributed by atoms with Crippen LogP contribution < -0.4 is 4.57 Å². The summed E-state index contributed by atoms with van der Waals surface area (Å²) in [6, 6.07) is 0.619. The van der Waals surface area contributed by atoms with Crippen LogP contribution in [0.15, 0.2) is 12.4 Å². The zero-order valence-corrected chi connectivity index (χ0v) is 26.8. The fourth-order valence-electron chi connectivity index (χ4n) is 6.16. The third kappa shape index (κ3) is 19.3. The SMILES string of the molecule is CCCCCCCCCCCCCCCCC(C)[n+]1cc[nH]c1C(C)CCCCCCCCCCCCC. The number of nitrogens with zero attached hydrogens (tertiary/aromatic N) is 1. The van der Waals surface area contributed by atoms with E-state index in [-0.39, 0.29) is 0 Å². The van der Waals surface area contributed by atoms with Gasteiger partial charge in [-0.3, -0.25) is 0 Å². The van der Waals surface area contributed by atoms with Gasteiger partial charge in [0.1, 0.15) is 12.4 Å². The molecule has 0 saturated carbocycles. The summed E-state index contributed by atoms with van der Waals surface area (Å²) in [6.07, 6.45) is 43.0. The molecule has 0 radical (unpaired) electrons. The second kappa shape index (κ2) is 26.4. The number of hydrogen-bond acceptors (Lipinski definition) is 0. The van der Waals surface area contributed by atoms with Gasteiger partial charge in [-0.1, -0.05) is 175 Å². The van der Waals surface area contributed by atoms with Gasteiger partial charge in [-0.25, -0.2) is 9.55 Å². The molecule has 38 heavy (non-hydrogen) atoms. The first-order chi connectivity index (χ1) is 18.7. The van der Waals surface area contributed by atoms with Crippen LogP contribution in [0.1, 0.15) is 219 Å². The molecule has 1 heterocycles. The maximum absolute atomic E-state index is 3.59. The van der Waals surface area contributed by atoms with Crippen LogP contribution in [-0.2, 0) is 0 Å². The number of rotatable bonds is 29. The van der Waals surface area contributed by atoms with Gasteiger partial charge in [0, 0.05) is 0 Å². The first-order valence-corrected chi connectivity index (χ1v) is 17.8. The summed E-state index contributed by atoms with van der Waals surface area (Å²) in [5.74, 6) is 2.09. The van der Waals surface area contributed by atoms with Crippen LogP contribution in [0.4, 0.5) is 0 Å². The minimum atomic E-state index is 0.619. The van der Waals surface area contributed by atoms with E-state index in [1.807, 2.05) is 0 Å². The van der Waals surface area contributed by atoms with Gasteiger partial charge in [-0.15, -0.1) is 0 Å². The van der Waals surface area contributed by atoms with E-state index in [0.717, 1.165) is 0 Å². The lowest BCUT2D eigenvalue weighted by Gasteiger charge is -2.14. The molecule has 1 rings (SSSR count). The van der Waals surface area contributed by atoms with Gasteiger partial charge < -0.3 is 0 Å². The van der Waals surface area contributed by atoms with Gasteiger partial charge in [-0.2, -0.15) is 0 Å². The highest BCUT2D eigenvalue weighted by Crippen LogP contribution is 2.21. The van der Waals surface area contributed by atoms with Gasteiger partial charge in [0.05, 0.1) is 12.0 Å². The van der Waals surface area contributed by atoms with E-state index < -0.39 is 0 Å². The predicted octanol–water partition coefficient (Wildman–Crippen LogP) is 12.5. The Balaban J connectivity index is 2.01. The molecule has 0 spiro atoms. The van der Waals surface area contributed by atoms with Crippen molar-refractivity contribution >= 4 is 0 Å². The van der Waals surface area contributed by atoms with E-state index in [1.54, 1.807) is 0 Å². The van der Waals surface area contributed by atoms with Crippen LogP contribution in [0.5, 0.6) is 0 Å². The summed E-state index contributed by atoms with van der Waals surface area (Å²) < 4.78 is 2.55. The van der Waals surface area contributed by atoms with Crippen LogP contribution in [0, 0.1) is 0 Å². The average molecular weight is 532 g/mol. The number of unbranched alkanes of at least 4 members (excludes halogenated alkanes) is 23. The Morgan fingerprint density at radius 2 is 0.842 bits per heavy atom. The minimum Gasteiger partial charge on any atom is -0.247 e. The van der Waals surface area contributed by atoms with Gasteiger partial charge in [0.2, 0.25) is 0 Å². The summed E-state index contributed by atoms with van der Waals surface area (Å²) in [5.41, 5.74) is 0. The molecule has 0 aliphatic rings. The van der Waals surface area contributed by atoms with Crippen molar-refractivity contribution in [3.8, 4) is 0 Å². The summed E-state index contributed by atoms with van der Waals surface area (Å²) in [5, 5.41) is 0. The van der Waals surface area contributed by atoms with Gasteiger partial charge in [-0.05, 0) is 26.2 Å². The second-order valence-corrected chi connectivity index (χ2v) is 12.7. The maximum atomic E-state index is 3.59. The Morgan fingerprint density at radius 1 is 0.500 bits per heavy atom. The molecular formula is C36H71N2+. The highest BCUT2D eigenvalue weighted by molar-refractivity contribution is 4.87. The molecule has 0 saturated heterocycles. The minimum absolute atomic E-state index is 0.619. The third-order valence-electron chi connectivity index (χ3n) is 8.90. The van der Waals surface area contributed by atoms with E-state index in [2.05, 4.69) is 49.6 Å². The molecule has 0 amide bonds. The lowest BCUT2D eigenvalue weighted by Crippen LogP contribution is -2.40. The fourth-order valence-corrected chi connectivity index (χ4v) is 6.16. The quantitative estimate of drug-likeness (QED) is 0.0783. The zero-order chi connectivity index (χ0) is 27.5. The van der Waals surface area contributed by atoms with Gasteiger partial charge in [0.15, 0.2) is 0 Å². The summed E-state index contributed by atoms with van der Waals surface area (Å²) >= 11 is 0. The Labute approximate surface area is 240 Å². The highest BCUT2D eigenvalue weighted by Gasteiger charge is 2.22. The third-order valence-corrected chi connectivity index (χ3v) is 8.90. The van der Waals surface area contributed by atoms with Crippen molar-refractivity contribution in [3.05, 3.63) is 18.2 Å². The summed E-state index contributed by atoms with van der Waals surface area (Å²) in [7, 11) is 0. The molecule has 1 aromatic rings. The smallest absolute Gasteiger partial charge is 0.247 e. The van der Waals surface area contributed by atoms with E-state index in [4.69, 9.17) is 0 Å². The Bertz CT molecular complexity index is 592. The van der Waals surface area contributed by atoms with Crippen LogP contribution >= 0.6 is 0 Å². The van der Waals surface area contributed by atoms with E-state index in [0.29, 0.717) is 12.0 Å². The Kier molecular flexibility index (Phi) is 24.5. The molecule has 0 bridgehead atoms. The number of aromatic nitrogens is 2. The van der Waals surface area contributed by atoms with Gasteiger partial charge >= 0.3 is 0 Å². The van der Waals surface area contributed by atoms with Crippen LogP contribution in [0.3, 0.4) is 0 Å². The van der Waals surface area contributed by atoms with Crippen LogP contribution in [0.2, 0.25) is 0 Å². The number of hydrogen-bond donors (Lipinski definition) is 1. The zero-order valence-electron chi connectivity index (χ0n) is 26.8. The molecule has 224 valence electrons. The first kappa shape index (κ1) is 35.2. The topological polar surface area (TPSA) is 19.7 Å². The Morgan fingerprint density at radius 3 is 1.24 bits per heavy atom. The molecule has 0 fully saturated rings. The van der Waals surface area contributed by atoms with Crippen molar-refractivity contribution in [3.63, 3.8) is 0 Å². The van der Waals surface area contributed by atoms with E-state index in [9.17, 15) is 0 Å². The normalized spacial score (nSPS) is 13.3. The van der Waals surface area contributed by atoms with Crippen molar-refractivity contribution in [1.82, 2.24) is 4.98 Å². The van der Waals surface area contributed by atoms with Crippen molar-refractivity contribution in [2.45, 2.75) is 213 Å². The number of H-pyrrole nitrogens is 1. The van der Waals surface area contributed by atoms with Crippen molar-refractivity contribution in [2.75, 3.05) is 0 Å². The molecule has 2 heteroatoms. The molecular weight excluding hydrogens is 460 g/mol. The second-order valence-electron chi connectivity index (χ2n) is 12.7. The van der Waals surface area contributed by atoms with Crippen molar-refractivity contribution in [2.24, 2.45) is 0 Å². The molecule has 2 unspecified atom stereocenters. The molecule has 2 nitrogen and oxygen atoms in total. The molecule has 0 aliphatic carbocycles. The first-order valence-electron chi connectivity index (χ1n) is 17.8. The van der Waals surface area contributed by atoms with Gasteiger partial charge in [0.25, 0.3) is 5.82 Å². The number of nitrogens with one attached hydrogen (secondary N) is 1. The van der Waals surface area contributed by atoms with Crippen LogP contribution in [0.25, 0.3) is 0 Å². The maximum Gasteiger partial charge on any atom is 0.257 e. The lowest BCUT2D eigenvalue weighted by atomic mass is 10.00. The summed E-state index contributed by atoms with van der Waals surface area (Å²) in [6.45, 7) is 9.46. The number of imidazole rings is 1. The number of aromatic amines is 1. The van der Waals surface area contributed by atoms with Crippen LogP contribution in [-0.4, -0.2) is 4.98 Å². The molecule has 2 atom stereocenters. The van der Waals surface area contributed by atoms with Crippen molar-refractivity contribution in [1.29, 1.82) is 0 Å². The fraction of sp³-hybridized carbons (Fsp3) is 0.917. The standard InChI is InChI=1S/C36H70N2/c1-5-7-9-11-13-15-17-18-19-21-23-25-27-29-31-35(4)38-33-32-37-36(38)34(3)30-28-26-24-22-20-16-14-12-10-8-6-2/h32-35H,5-31H2,1-4H3/p+1. The molecule has 1 N–H and O–H groups in total. The predicted molar refractivity (Wildman–Crippen MR) is 170 cm³/mol. The molecule has 1 aromatic heterocycles. The monoisotopic (exact) mass is 532 g/mol. The average Bonchev–Trinajstić information content (AvgIpc) is 3.42. The summed E-state index contributed by atoms with van der Waals surface area (Å²) in [4.78, 5) is 3.59. The van der Waals surface area contributed by atoms with Crippen molar-refractivity contribution < 1.29 is 4.57 Å². The highest BCUT2D eigenvalue weighted by atomic mass is 15.1.